The third-order valence-electron chi connectivity index (χ3n) is 4.26. The number of hydrogen-bond donors (Lipinski definition) is 1. The van der Waals surface area contributed by atoms with Gasteiger partial charge in [0.05, 0.1) is 5.69 Å². The summed E-state index contributed by atoms with van der Waals surface area (Å²) in [5.41, 5.74) is 9.20. The molecule has 1 amide bonds. The maximum absolute atomic E-state index is 12.7. The molecule has 0 radical (unpaired) electrons. The molecule has 0 unspecified atom stereocenters. The fourth-order valence-electron chi connectivity index (χ4n) is 2.87. The molecule has 0 spiro atoms. The van der Waals surface area contributed by atoms with Gasteiger partial charge in [0.25, 0.3) is 5.91 Å². The van der Waals surface area contributed by atoms with Crippen molar-refractivity contribution in [1.29, 1.82) is 0 Å². The summed E-state index contributed by atoms with van der Waals surface area (Å²) in [5.74, 6) is 0.0762. The summed E-state index contributed by atoms with van der Waals surface area (Å²) in [4.78, 5) is 21.3. The minimum absolute atomic E-state index is 0.0762. The third kappa shape index (κ3) is 3.68. The first-order valence-corrected chi connectivity index (χ1v) is 7.91. The Kier molecular flexibility index (Phi) is 4.57. The fourth-order valence-corrected chi connectivity index (χ4v) is 2.87. The van der Waals surface area contributed by atoms with E-state index < -0.39 is 0 Å². The van der Waals surface area contributed by atoms with E-state index in [0.29, 0.717) is 11.3 Å². The number of nitrogens with two attached hydrogens (primary N) is 1. The molecule has 1 fully saturated rings. The number of rotatable bonds is 3. The Morgan fingerprint density at radius 2 is 1.96 bits per heavy atom. The number of carbonyl (C=O) groups is 1. The van der Waals surface area contributed by atoms with Crippen molar-refractivity contribution >= 4 is 11.6 Å². The van der Waals surface area contributed by atoms with Crippen molar-refractivity contribution in [3.8, 4) is 0 Å². The van der Waals surface area contributed by atoms with E-state index in [1.54, 1.807) is 6.07 Å². The van der Waals surface area contributed by atoms with Crippen molar-refractivity contribution in [3.05, 3.63) is 59.4 Å². The number of piperazine rings is 1. The van der Waals surface area contributed by atoms with E-state index in [1.807, 2.05) is 48.4 Å². The SMILES string of the molecule is Cc1ccc(N)cc1C(=O)N1CCN(Cc2ccccn2)CC1. The van der Waals surface area contributed by atoms with Crippen LogP contribution in [0.4, 0.5) is 5.69 Å². The first kappa shape index (κ1) is 15.5. The lowest BCUT2D eigenvalue weighted by molar-refractivity contribution is 0.0626. The lowest BCUT2D eigenvalue weighted by Gasteiger charge is -2.34. The van der Waals surface area contributed by atoms with Gasteiger partial charge in [-0.05, 0) is 36.8 Å². The van der Waals surface area contributed by atoms with Crippen molar-refractivity contribution in [1.82, 2.24) is 14.8 Å². The number of anilines is 1. The molecule has 23 heavy (non-hydrogen) atoms. The van der Waals surface area contributed by atoms with Crippen LogP contribution in [-0.2, 0) is 6.54 Å². The molecule has 0 aliphatic carbocycles. The third-order valence-corrected chi connectivity index (χ3v) is 4.26. The number of pyridine rings is 1. The molecule has 2 heterocycles. The summed E-state index contributed by atoms with van der Waals surface area (Å²) < 4.78 is 0. The maximum Gasteiger partial charge on any atom is 0.254 e. The van der Waals surface area contributed by atoms with Crippen molar-refractivity contribution in [3.63, 3.8) is 0 Å². The van der Waals surface area contributed by atoms with E-state index in [-0.39, 0.29) is 5.91 Å². The van der Waals surface area contributed by atoms with Gasteiger partial charge in [0.1, 0.15) is 0 Å². The van der Waals surface area contributed by atoms with E-state index in [9.17, 15) is 4.79 Å². The van der Waals surface area contributed by atoms with Crippen LogP contribution in [0, 0.1) is 6.92 Å². The lowest BCUT2D eigenvalue weighted by atomic mass is 10.1. The zero-order chi connectivity index (χ0) is 16.2. The number of aryl methyl sites for hydroxylation is 1. The molecule has 0 atom stereocenters. The van der Waals surface area contributed by atoms with Gasteiger partial charge in [-0.2, -0.15) is 0 Å². The van der Waals surface area contributed by atoms with Crippen molar-refractivity contribution in [2.24, 2.45) is 0 Å². The molecule has 2 N–H and O–H groups in total. The molecule has 1 aliphatic rings. The van der Waals surface area contributed by atoms with Gasteiger partial charge in [0, 0.05) is 50.2 Å². The second-order valence-corrected chi connectivity index (χ2v) is 5.96. The molecule has 3 rings (SSSR count). The Morgan fingerprint density at radius 1 is 1.17 bits per heavy atom. The Bertz CT molecular complexity index is 679. The van der Waals surface area contributed by atoms with Crippen LogP contribution in [0.1, 0.15) is 21.6 Å². The Labute approximate surface area is 136 Å². The topological polar surface area (TPSA) is 62.5 Å². The van der Waals surface area contributed by atoms with Gasteiger partial charge >= 0.3 is 0 Å². The van der Waals surface area contributed by atoms with Crippen molar-refractivity contribution in [2.45, 2.75) is 13.5 Å². The molecule has 5 heteroatoms. The standard InChI is InChI=1S/C18H22N4O/c1-14-5-6-15(19)12-17(14)18(23)22-10-8-21(9-11-22)13-16-4-2-3-7-20-16/h2-7,12H,8-11,13,19H2,1H3. The van der Waals surface area contributed by atoms with Gasteiger partial charge in [-0.1, -0.05) is 12.1 Å². The largest absolute Gasteiger partial charge is 0.399 e. The second kappa shape index (κ2) is 6.79. The molecular formula is C18H22N4O. The lowest BCUT2D eigenvalue weighted by Crippen LogP contribution is -2.48. The Hall–Kier alpha value is -2.40. The molecular weight excluding hydrogens is 288 g/mol. The smallest absolute Gasteiger partial charge is 0.254 e. The number of benzene rings is 1. The second-order valence-electron chi connectivity index (χ2n) is 5.96. The number of carbonyl (C=O) groups excluding carboxylic acids is 1. The van der Waals surface area contributed by atoms with Crippen molar-refractivity contribution < 1.29 is 4.79 Å². The number of nitrogen functional groups attached to an aromatic ring is 1. The Balaban J connectivity index is 1.60. The van der Waals surface area contributed by atoms with Crippen molar-refractivity contribution in [2.75, 3.05) is 31.9 Å². The number of hydrogen-bond acceptors (Lipinski definition) is 4. The molecule has 1 aromatic carbocycles. The molecule has 120 valence electrons. The maximum atomic E-state index is 12.7. The summed E-state index contributed by atoms with van der Waals surface area (Å²) in [5, 5.41) is 0. The minimum atomic E-state index is 0.0762. The first-order valence-electron chi connectivity index (χ1n) is 7.91. The van der Waals surface area contributed by atoms with E-state index in [2.05, 4.69) is 9.88 Å². The summed E-state index contributed by atoms with van der Waals surface area (Å²) in [6, 6.07) is 11.5. The van der Waals surface area contributed by atoms with Crippen LogP contribution in [-0.4, -0.2) is 46.9 Å². The average Bonchev–Trinajstić information content (AvgIpc) is 2.58. The molecule has 0 bridgehead atoms. The highest BCUT2D eigenvalue weighted by Gasteiger charge is 2.23. The Morgan fingerprint density at radius 3 is 2.65 bits per heavy atom. The van der Waals surface area contributed by atoms with Gasteiger partial charge in [-0.25, -0.2) is 0 Å². The summed E-state index contributed by atoms with van der Waals surface area (Å²) in [6.07, 6.45) is 1.82. The van der Waals surface area contributed by atoms with Gasteiger partial charge in [-0.3, -0.25) is 14.7 Å². The molecule has 1 saturated heterocycles. The molecule has 2 aromatic rings. The average molecular weight is 310 g/mol. The quantitative estimate of drug-likeness (QED) is 0.880. The normalized spacial score (nSPS) is 15.6. The summed E-state index contributed by atoms with van der Waals surface area (Å²) >= 11 is 0. The highest BCUT2D eigenvalue weighted by Crippen LogP contribution is 2.16. The van der Waals surface area contributed by atoms with Crippen LogP contribution >= 0.6 is 0 Å². The molecule has 0 saturated carbocycles. The van der Waals surface area contributed by atoms with Gasteiger partial charge in [0.2, 0.25) is 0 Å². The fraction of sp³-hybridized carbons (Fsp3) is 0.333. The predicted molar refractivity (Wildman–Crippen MR) is 91.0 cm³/mol. The van der Waals surface area contributed by atoms with Gasteiger partial charge in [-0.15, -0.1) is 0 Å². The van der Waals surface area contributed by atoms with Crippen LogP contribution < -0.4 is 5.73 Å². The van der Waals surface area contributed by atoms with Gasteiger partial charge < -0.3 is 10.6 Å². The highest BCUT2D eigenvalue weighted by atomic mass is 16.2. The number of nitrogens with zero attached hydrogens (tertiary/aromatic N) is 3. The van der Waals surface area contributed by atoms with Crippen LogP contribution in [0.15, 0.2) is 42.6 Å². The van der Waals surface area contributed by atoms with Crippen LogP contribution in [0.5, 0.6) is 0 Å². The molecule has 1 aromatic heterocycles. The summed E-state index contributed by atoms with van der Waals surface area (Å²) in [6.45, 7) is 5.98. The van der Waals surface area contributed by atoms with E-state index in [0.717, 1.165) is 44.0 Å². The van der Waals surface area contributed by atoms with E-state index in [1.165, 1.54) is 0 Å². The van der Waals surface area contributed by atoms with E-state index >= 15 is 0 Å². The summed E-state index contributed by atoms with van der Waals surface area (Å²) in [7, 11) is 0. The first-order chi connectivity index (χ1) is 11.1. The minimum Gasteiger partial charge on any atom is -0.399 e. The molecule has 5 nitrogen and oxygen atoms in total. The molecule has 1 aliphatic heterocycles. The van der Waals surface area contributed by atoms with Gasteiger partial charge in [0.15, 0.2) is 0 Å². The highest BCUT2D eigenvalue weighted by molar-refractivity contribution is 5.96. The van der Waals surface area contributed by atoms with Crippen LogP contribution in [0.2, 0.25) is 0 Å². The van der Waals surface area contributed by atoms with Crippen LogP contribution in [0.25, 0.3) is 0 Å². The predicted octanol–water partition coefficient (Wildman–Crippen LogP) is 1.93. The number of amides is 1. The zero-order valence-electron chi connectivity index (χ0n) is 13.4. The number of aromatic nitrogens is 1. The van der Waals surface area contributed by atoms with Crippen LogP contribution in [0.3, 0.4) is 0 Å². The monoisotopic (exact) mass is 310 g/mol. The zero-order valence-corrected chi connectivity index (χ0v) is 13.4. The van der Waals surface area contributed by atoms with E-state index in [4.69, 9.17) is 5.73 Å².